The lowest BCUT2D eigenvalue weighted by molar-refractivity contribution is -0.139. The van der Waals surface area contributed by atoms with Gasteiger partial charge in [-0.15, -0.1) is 0 Å². The van der Waals surface area contributed by atoms with Gasteiger partial charge in [0.25, 0.3) is 5.91 Å². The highest BCUT2D eigenvalue weighted by Gasteiger charge is 2.21. The van der Waals surface area contributed by atoms with E-state index in [1.807, 2.05) is 24.3 Å². The summed E-state index contributed by atoms with van der Waals surface area (Å²) in [5, 5.41) is 5.06. The van der Waals surface area contributed by atoms with E-state index in [9.17, 15) is 9.59 Å². The molecule has 1 aliphatic heterocycles. The number of amides is 2. The molecule has 2 amide bonds. The maximum Gasteiger partial charge on any atom is 0.261 e. The van der Waals surface area contributed by atoms with Gasteiger partial charge >= 0.3 is 0 Å². The number of carbonyl (C=O) groups excluding carboxylic acids is 2. The molecule has 0 unspecified atom stereocenters. The van der Waals surface area contributed by atoms with Gasteiger partial charge < -0.3 is 15.0 Å². The van der Waals surface area contributed by atoms with Crippen molar-refractivity contribution in [1.82, 2.24) is 10.2 Å². The summed E-state index contributed by atoms with van der Waals surface area (Å²) in [6.45, 7) is 0.978. The van der Waals surface area contributed by atoms with Gasteiger partial charge in [0.15, 0.2) is 6.61 Å². The molecule has 2 aromatic rings. The molecular formula is C16H15ClN2O3. The van der Waals surface area contributed by atoms with Crippen molar-refractivity contribution in [3.63, 3.8) is 0 Å². The van der Waals surface area contributed by atoms with Gasteiger partial charge in [-0.3, -0.25) is 9.59 Å². The first kappa shape index (κ1) is 14.7. The summed E-state index contributed by atoms with van der Waals surface area (Å²) in [4.78, 5) is 24.9. The number of nitrogens with one attached hydrogen (secondary N) is 1. The monoisotopic (exact) mass is 318 g/mol. The molecule has 22 heavy (non-hydrogen) atoms. The Kier molecular flexibility index (Phi) is 4.15. The molecule has 3 rings (SSSR count). The van der Waals surface area contributed by atoms with Crippen molar-refractivity contribution in [3.05, 3.63) is 41.4 Å². The molecule has 0 radical (unpaired) electrons. The Morgan fingerprint density at radius 2 is 2.00 bits per heavy atom. The third kappa shape index (κ3) is 2.99. The molecule has 0 aliphatic carbocycles. The first-order valence-corrected chi connectivity index (χ1v) is 7.37. The van der Waals surface area contributed by atoms with Crippen LogP contribution in [0.15, 0.2) is 36.4 Å². The minimum atomic E-state index is -0.200. The highest BCUT2D eigenvalue weighted by molar-refractivity contribution is 6.35. The molecule has 1 heterocycles. The topological polar surface area (TPSA) is 58.6 Å². The summed E-state index contributed by atoms with van der Waals surface area (Å²) in [5.74, 6) is 0.264. The number of halogens is 1. The number of fused-ring (bicyclic) bond motifs is 1. The zero-order chi connectivity index (χ0) is 15.5. The van der Waals surface area contributed by atoms with Gasteiger partial charge in [-0.2, -0.15) is 0 Å². The lowest BCUT2D eigenvalue weighted by Gasteiger charge is -2.26. The average molecular weight is 319 g/mol. The van der Waals surface area contributed by atoms with Gasteiger partial charge in [0.05, 0.1) is 6.54 Å². The second-order valence-electron chi connectivity index (χ2n) is 5.05. The molecule has 0 atom stereocenters. The molecule has 0 bridgehead atoms. The molecule has 1 N–H and O–H groups in total. The summed E-state index contributed by atoms with van der Waals surface area (Å²) < 4.78 is 5.64. The first-order chi connectivity index (χ1) is 10.6. The lowest BCUT2D eigenvalue weighted by atomic mass is 10.1. The van der Waals surface area contributed by atoms with E-state index < -0.39 is 0 Å². The fourth-order valence-electron chi connectivity index (χ4n) is 2.44. The molecule has 0 aromatic heterocycles. The maximum absolute atomic E-state index is 12.1. The standard InChI is InChI=1S/C16H15ClN2O3/c17-13-5-6-14(12-4-2-1-3-11(12)13)22-10-16(21)19-8-7-18-15(20)9-19/h1-6H,7-10H2,(H,18,20). The van der Waals surface area contributed by atoms with Gasteiger partial charge in [-0.05, 0) is 12.1 Å². The van der Waals surface area contributed by atoms with Crippen LogP contribution in [0.3, 0.4) is 0 Å². The second-order valence-corrected chi connectivity index (χ2v) is 5.45. The molecule has 6 heteroatoms. The number of hydrogen-bond acceptors (Lipinski definition) is 3. The van der Waals surface area contributed by atoms with Crippen LogP contribution in [0.2, 0.25) is 5.02 Å². The van der Waals surface area contributed by atoms with Gasteiger partial charge in [0.1, 0.15) is 5.75 Å². The number of rotatable bonds is 3. The summed E-state index contributed by atoms with van der Waals surface area (Å²) in [6.07, 6.45) is 0. The van der Waals surface area contributed by atoms with Crippen LogP contribution in [0.1, 0.15) is 0 Å². The fourth-order valence-corrected chi connectivity index (χ4v) is 2.67. The van der Waals surface area contributed by atoms with Crippen LogP contribution < -0.4 is 10.1 Å². The average Bonchev–Trinajstić information content (AvgIpc) is 2.54. The van der Waals surface area contributed by atoms with Crippen molar-refractivity contribution in [1.29, 1.82) is 0 Å². The van der Waals surface area contributed by atoms with Crippen molar-refractivity contribution in [2.45, 2.75) is 0 Å². The molecule has 0 saturated carbocycles. The zero-order valence-corrected chi connectivity index (χ0v) is 12.6. The summed E-state index contributed by atoms with van der Waals surface area (Å²) >= 11 is 6.15. The van der Waals surface area contributed by atoms with Gasteiger partial charge in [-0.1, -0.05) is 35.9 Å². The number of carbonyl (C=O) groups is 2. The molecule has 114 valence electrons. The quantitative estimate of drug-likeness (QED) is 0.939. The Morgan fingerprint density at radius 3 is 2.77 bits per heavy atom. The van der Waals surface area contributed by atoms with Gasteiger partial charge in [0, 0.05) is 28.9 Å². The van der Waals surface area contributed by atoms with Crippen molar-refractivity contribution >= 4 is 34.2 Å². The number of nitrogens with zero attached hydrogens (tertiary/aromatic N) is 1. The Balaban J connectivity index is 1.73. The van der Waals surface area contributed by atoms with Gasteiger partial charge in [-0.25, -0.2) is 0 Å². The van der Waals surface area contributed by atoms with Crippen molar-refractivity contribution in [2.75, 3.05) is 26.2 Å². The molecule has 0 spiro atoms. The number of ether oxygens (including phenoxy) is 1. The summed E-state index contributed by atoms with van der Waals surface area (Å²) in [6, 6.07) is 11.1. The van der Waals surface area contributed by atoms with E-state index in [0.717, 1.165) is 10.8 Å². The van der Waals surface area contributed by atoms with Crippen molar-refractivity contribution in [3.8, 4) is 5.75 Å². The van der Waals surface area contributed by atoms with E-state index >= 15 is 0 Å². The lowest BCUT2D eigenvalue weighted by Crippen LogP contribution is -2.51. The van der Waals surface area contributed by atoms with Gasteiger partial charge in [0.2, 0.25) is 5.91 Å². The van der Waals surface area contributed by atoms with Crippen LogP contribution in [0.25, 0.3) is 10.8 Å². The van der Waals surface area contributed by atoms with E-state index in [4.69, 9.17) is 16.3 Å². The highest BCUT2D eigenvalue weighted by atomic mass is 35.5. The Morgan fingerprint density at radius 1 is 1.23 bits per heavy atom. The summed E-state index contributed by atoms with van der Waals surface area (Å²) in [5.41, 5.74) is 0. The first-order valence-electron chi connectivity index (χ1n) is 6.99. The SMILES string of the molecule is O=C1CN(C(=O)COc2ccc(Cl)c3ccccc23)CCN1. The van der Waals surface area contributed by atoms with Crippen molar-refractivity contribution in [2.24, 2.45) is 0 Å². The number of benzene rings is 2. The van der Waals surface area contributed by atoms with Crippen LogP contribution in [0.5, 0.6) is 5.75 Å². The highest BCUT2D eigenvalue weighted by Crippen LogP contribution is 2.31. The van der Waals surface area contributed by atoms with E-state index in [1.54, 1.807) is 12.1 Å². The number of piperazine rings is 1. The van der Waals surface area contributed by atoms with Crippen LogP contribution in [0, 0.1) is 0 Å². The Hall–Kier alpha value is -2.27. The second kappa shape index (κ2) is 6.23. The maximum atomic E-state index is 12.1. The van der Waals surface area contributed by atoms with E-state index in [-0.39, 0.29) is 25.0 Å². The minimum Gasteiger partial charge on any atom is -0.483 e. The largest absolute Gasteiger partial charge is 0.483 e. The summed E-state index contributed by atoms with van der Waals surface area (Å²) in [7, 11) is 0. The minimum absolute atomic E-state index is 0.0869. The Bertz CT molecular complexity index is 732. The smallest absolute Gasteiger partial charge is 0.261 e. The molecule has 1 fully saturated rings. The third-order valence-electron chi connectivity index (χ3n) is 3.57. The predicted octanol–water partition coefficient (Wildman–Crippen LogP) is 1.83. The van der Waals surface area contributed by atoms with Crippen molar-refractivity contribution < 1.29 is 14.3 Å². The molecule has 2 aromatic carbocycles. The zero-order valence-electron chi connectivity index (χ0n) is 11.8. The molecule has 5 nitrogen and oxygen atoms in total. The van der Waals surface area contributed by atoms with Crippen LogP contribution in [-0.4, -0.2) is 43.0 Å². The normalized spacial score (nSPS) is 14.8. The molecule has 1 aliphatic rings. The van der Waals surface area contributed by atoms with E-state index in [1.165, 1.54) is 4.90 Å². The predicted molar refractivity (Wildman–Crippen MR) is 84.0 cm³/mol. The molecular weight excluding hydrogens is 304 g/mol. The van der Waals surface area contributed by atoms with Crippen LogP contribution in [-0.2, 0) is 9.59 Å². The third-order valence-corrected chi connectivity index (χ3v) is 3.90. The molecule has 1 saturated heterocycles. The number of hydrogen-bond donors (Lipinski definition) is 1. The van der Waals surface area contributed by atoms with E-state index in [0.29, 0.717) is 23.9 Å². The van der Waals surface area contributed by atoms with Crippen LogP contribution >= 0.6 is 11.6 Å². The Labute approximate surface area is 132 Å². The van der Waals surface area contributed by atoms with Crippen LogP contribution in [0.4, 0.5) is 0 Å². The fraction of sp³-hybridized carbons (Fsp3) is 0.250. The van der Waals surface area contributed by atoms with E-state index in [2.05, 4.69) is 5.32 Å².